The van der Waals surface area contributed by atoms with Crippen molar-refractivity contribution in [1.82, 2.24) is 0 Å². The van der Waals surface area contributed by atoms with Crippen LogP contribution in [0.1, 0.15) is 10.6 Å². The molecule has 0 bridgehead atoms. The predicted molar refractivity (Wildman–Crippen MR) is 44.5 cm³/mol. The zero-order valence-corrected chi connectivity index (χ0v) is 8.31. The Balaban J connectivity index is 3.14. The maximum absolute atomic E-state index is 10.7. The summed E-state index contributed by atoms with van der Waals surface area (Å²) < 4.78 is 5.85. The first kappa shape index (κ1) is 8.67. The zero-order chi connectivity index (χ0) is 8.43. The van der Waals surface area contributed by atoms with Crippen LogP contribution in [0.25, 0.3) is 0 Å². The molecule has 58 valence electrons. The summed E-state index contributed by atoms with van der Waals surface area (Å²) >= 11 is 6.18. The van der Waals surface area contributed by atoms with E-state index in [1.807, 2.05) is 0 Å². The van der Waals surface area contributed by atoms with Crippen molar-refractivity contribution in [2.24, 2.45) is 0 Å². The van der Waals surface area contributed by atoms with Gasteiger partial charge in [-0.25, -0.2) is 0 Å². The van der Waals surface area contributed by atoms with Gasteiger partial charge in [0.05, 0.1) is 8.95 Å². The number of Topliss-reactive ketones (excluding diaryl/α,β-unsaturated/α-hetero) is 1. The highest BCUT2D eigenvalue weighted by Crippen LogP contribution is 2.28. The summed E-state index contributed by atoms with van der Waals surface area (Å²) in [5.41, 5.74) is 0. The maximum Gasteiger partial charge on any atom is 0.261 e. The number of ketones is 1. The van der Waals surface area contributed by atoms with Crippen LogP contribution in [-0.4, -0.2) is 12.1 Å². The molecule has 0 amide bonds. The van der Waals surface area contributed by atoms with Gasteiger partial charge in [-0.1, -0.05) is 0 Å². The molecule has 1 aromatic rings. The van der Waals surface area contributed by atoms with Crippen LogP contribution in [0, 0.1) is 0 Å². The molecule has 0 fully saturated rings. The van der Waals surface area contributed by atoms with Gasteiger partial charge in [0.15, 0.2) is 12.0 Å². The fourth-order valence-electron chi connectivity index (χ4n) is 0.542. The Morgan fingerprint density at radius 2 is 2.18 bits per heavy atom. The number of hydrogen-bond donors (Lipinski definition) is 0. The highest BCUT2D eigenvalue weighted by Gasteiger charge is 2.15. The van der Waals surface area contributed by atoms with E-state index in [1.165, 1.54) is 6.26 Å². The Morgan fingerprint density at radius 3 is 2.55 bits per heavy atom. The van der Waals surface area contributed by atoms with Gasteiger partial charge in [-0.05, 0) is 31.9 Å². The average Bonchev–Trinajstić information content (AvgIpc) is 2.32. The van der Waals surface area contributed by atoms with Gasteiger partial charge in [-0.2, -0.15) is 0 Å². The van der Waals surface area contributed by atoms with E-state index >= 15 is 0 Å². The van der Waals surface area contributed by atoms with Crippen molar-refractivity contribution < 1.29 is 14.0 Å². The second-order valence-electron chi connectivity index (χ2n) is 1.71. The van der Waals surface area contributed by atoms with E-state index in [0.717, 1.165) is 0 Å². The first-order chi connectivity index (χ1) is 5.16. The molecule has 0 aromatic carbocycles. The van der Waals surface area contributed by atoms with Crippen molar-refractivity contribution in [1.29, 1.82) is 0 Å². The van der Waals surface area contributed by atoms with E-state index in [0.29, 0.717) is 8.95 Å². The lowest BCUT2D eigenvalue weighted by Gasteiger charge is -1.85. The Labute approximate surface area is 79.0 Å². The first-order valence-corrected chi connectivity index (χ1v) is 4.17. The summed E-state index contributed by atoms with van der Waals surface area (Å²) in [5.74, 6) is -0.658. The topological polar surface area (TPSA) is 47.3 Å². The SMILES string of the molecule is O=CC(=O)c1occ(Br)c1Br. The second-order valence-corrected chi connectivity index (χ2v) is 3.36. The maximum atomic E-state index is 10.7. The summed E-state index contributed by atoms with van der Waals surface area (Å²) in [6, 6.07) is 0. The van der Waals surface area contributed by atoms with Crippen molar-refractivity contribution in [2.45, 2.75) is 0 Å². The Kier molecular flexibility index (Phi) is 2.62. The standard InChI is InChI=1S/C6H2Br2O3/c7-3-2-11-6(5(3)8)4(10)1-9/h1-2H. The number of carbonyl (C=O) groups is 2. The molecule has 0 saturated heterocycles. The van der Waals surface area contributed by atoms with Gasteiger partial charge in [0.1, 0.15) is 6.26 Å². The smallest absolute Gasteiger partial charge is 0.261 e. The Morgan fingerprint density at radius 1 is 1.55 bits per heavy atom. The molecule has 5 heteroatoms. The van der Waals surface area contributed by atoms with Crippen molar-refractivity contribution in [3.8, 4) is 0 Å². The van der Waals surface area contributed by atoms with E-state index in [1.54, 1.807) is 0 Å². The molecule has 0 aliphatic carbocycles. The number of halogens is 2. The molecule has 1 rings (SSSR count). The van der Waals surface area contributed by atoms with E-state index < -0.39 is 5.78 Å². The molecule has 0 unspecified atom stereocenters. The quantitative estimate of drug-likeness (QED) is 0.474. The van der Waals surface area contributed by atoms with E-state index in [2.05, 4.69) is 31.9 Å². The van der Waals surface area contributed by atoms with Gasteiger partial charge < -0.3 is 4.42 Å². The molecule has 0 aliphatic heterocycles. The molecule has 0 saturated carbocycles. The summed E-state index contributed by atoms with van der Waals surface area (Å²) in [4.78, 5) is 20.8. The summed E-state index contributed by atoms with van der Waals surface area (Å²) in [7, 11) is 0. The van der Waals surface area contributed by atoms with Gasteiger partial charge in [-0.15, -0.1) is 0 Å². The number of hydrogen-bond acceptors (Lipinski definition) is 3. The van der Waals surface area contributed by atoms with Crippen LogP contribution in [0.4, 0.5) is 0 Å². The second kappa shape index (κ2) is 3.32. The van der Waals surface area contributed by atoms with Gasteiger partial charge in [0.25, 0.3) is 5.78 Å². The van der Waals surface area contributed by atoms with E-state index in [4.69, 9.17) is 4.42 Å². The molecular weight excluding hydrogens is 280 g/mol. The molecule has 0 radical (unpaired) electrons. The Bertz CT molecular complexity index is 303. The van der Waals surface area contributed by atoms with Gasteiger partial charge >= 0.3 is 0 Å². The molecule has 0 N–H and O–H groups in total. The molecule has 0 atom stereocenters. The first-order valence-electron chi connectivity index (χ1n) is 2.58. The van der Waals surface area contributed by atoms with Crippen molar-refractivity contribution in [2.75, 3.05) is 0 Å². The molecule has 0 spiro atoms. The number of rotatable bonds is 2. The van der Waals surface area contributed by atoms with E-state index in [-0.39, 0.29) is 12.0 Å². The van der Waals surface area contributed by atoms with Crippen LogP contribution >= 0.6 is 31.9 Å². The number of furan rings is 1. The lowest BCUT2D eigenvalue weighted by Crippen LogP contribution is -1.97. The fraction of sp³-hybridized carbons (Fsp3) is 0. The van der Waals surface area contributed by atoms with E-state index in [9.17, 15) is 9.59 Å². The van der Waals surface area contributed by atoms with Crippen LogP contribution in [0.3, 0.4) is 0 Å². The lowest BCUT2D eigenvalue weighted by molar-refractivity contribution is -0.104. The van der Waals surface area contributed by atoms with Crippen molar-refractivity contribution >= 4 is 43.9 Å². The van der Waals surface area contributed by atoms with Crippen LogP contribution in [0.2, 0.25) is 0 Å². The highest BCUT2D eigenvalue weighted by atomic mass is 79.9. The number of aldehydes is 1. The van der Waals surface area contributed by atoms with Crippen LogP contribution in [-0.2, 0) is 4.79 Å². The lowest BCUT2D eigenvalue weighted by atomic mass is 10.3. The van der Waals surface area contributed by atoms with Gasteiger partial charge in [-0.3, -0.25) is 9.59 Å². The van der Waals surface area contributed by atoms with Crippen LogP contribution < -0.4 is 0 Å². The van der Waals surface area contributed by atoms with Crippen LogP contribution in [0.15, 0.2) is 19.6 Å². The zero-order valence-electron chi connectivity index (χ0n) is 5.14. The van der Waals surface area contributed by atoms with Crippen molar-refractivity contribution in [3.05, 3.63) is 21.0 Å². The molecule has 0 aliphatic rings. The number of carbonyl (C=O) groups excluding carboxylic acids is 2. The monoisotopic (exact) mass is 280 g/mol. The molecular formula is C6H2Br2O3. The largest absolute Gasteiger partial charge is 0.458 e. The minimum atomic E-state index is -0.678. The minimum absolute atomic E-state index is 0.0203. The fourth-order valence-corrected chi connectivity index (χ4v) is 1.20. The third kappa shape index (κ3) is 1.59. The van der Waals surface area contributed by atoms with Gasteiger partial charge in [0.2, 0.25) is 0 Å². The van der Waals surface area contributed by atoms with Crippen molar-refractivity contribution in [3.63, 3.8) is 0 Å². The highest BCUT2D eigenvalue weighted by molar-refractivity contribution is 9.13. The average molecular weight is 282 g/mol. The normalized spacial score (nSPS) is 9.64. The summed E-state index contributed by atoms with van der Waals surface area (Å²) in [6.07, 6.45) is 1.54. The Hall–Kier alpha value is -0.420. The molecule has 1 aromatic heterocycles. The third-order valence-corrected chi connectivity index (χ3v) is 2.92. The molecule has 11 heavy (non-hydrogen) atoms. The molecule has 1 heterocycles. The minimum Gasteiger partial charge on any atom is -0.458 e. The predicted octanol–water partition coefficient (Wildman–Crippen LogP) is 2.19. The van der Waals surface area contributed by atoms with Crippen LogP contribution in [0.5, 0.6) is 0 Å². The summed E-state index contributed by atoms with van der Waals surface area (Å²) in [6.45, 7) is 0. The summed E-state index contributed by atoms with van der Waals surface area (Å²) in [5, 5.41) is 0. The third-order valence-electron chi connectivity index (χ3n) is 1.02. The van der Waals surface area contributed by atoms with Gasteiger partial charge in [0, 0.05) is 0 Å². The molecule has 3 nitrogen and oxygen atoms in total.